The van der Waals surface area contributed by atoms with Gasteiger partial charge in [-0.3, -0.25) is 0 Å². The Morgan fingerprint density at radius 3 is 3.19 bits per heavy atom. The van der Waals surface area contributed by atoms with Crippen molar-refractivity contribution >= 4 is 27.3 Å². The van der Waals surface area contributed by atoms with Crippen molar-refractivity contribution in [2.45, 2.75) is 25.9 Å². The van der Waals surface area contributed by atoms with E-state index in [1.54, 1.807) is 11.3 Å². The first-order chi connectivity index (χ1) is 7.84. The molecule has 0 spiro atoms. The normalized spacial score (nSPS) is 21.2. The van der Waals surface area contributed by atoms with Crippen LogP contribution in [0, 0.1) is 5.92 Å². The van der Waals surface area contributed by atoms with Crippen molar-refractivity contribution in [1.82, 2.24) is 5.32 Å². The highest BCUT2D eigenvalue weighted by molar-refractivity contribution is 9.10. The fourth-order valence-electron chi connectivity index (χ4n) is 2.02. The molecule has 0 aliphatic carbocycles. The summed E-state index contributed by atoms with van der Waals surface area (Å²) >= 11 is 5.20. The van der Waals surface area contributed by atoms with Gasteiger partial charge in [0.2, 0.25) is 0 Å². The smallest absolute Gasteiger partial charge is 0.0809 e. The van der Waals surface area contributed by atoms with Gasteiger partial charge in [-0.05, 0) is 60.3 Å². The van der Waals surface area contributed by atoms with Crippen molar-refractivity contribution in [2.24, 2.45) is 5.92 Å². The monoisotopic (exact) mass is 303 g/mol. The van der Waals surface area contributed by atoms with Gasteiger partial charge in [0.05, 0.1) is 6.61 Å². The molecular weight excluding hydrogens is 286 g/mol. The Morgan fingerprint density at radius 2 is 2.50 bits per heavy atom. The van der Waals surface area contributed by atoms with E-state index >= 15 is 0 Å². The number of hydrogen-bond acceptors (Lipinski definition) is 3. The zero-order chi connectivity index (χ0) is 11.2. The number of thiophene rings is 1. The lowest BCUT2D eigenvalue weighted by Crippen LogP contribution is -2.30. The standard InChI is InChI=1S/C12H18BrNOS/c13-11-6-12(16-9-11)8-15-5-3-10-2-1-4-14-7-10/h6,9-10,14H,1-5,7-8H2. The van der Waals surface area contributed by atoms with Crippen LogP contribution in [0.2, 0.25) is 0 Å². The summed E-state index contributed by atoms with van der Waals surface area (Å²) in [6.07, 6.45) is 3.88. The van der Waals surface area contributed by atoms with Gasteiger partial charge >= 0.3 is 0 Å². The summed E-state index contributed by atoms with van der Waals surface area (Å²) in [6.45, 7) is 4.02. The molecule has 1 unspecified atom stereocenters. The Morgan fingerprint density at radius 1 is 1.56 bits per heavy atom. The van der Waals surface area contributed by atoms with Gasteiger partial charge in [-0.25, -0.2) is 0 Å². The van der Waals surface area contributed by atoms with E-state index in [4.69, 9.17) is 4.74 Å². The number of nitrogens with one attached hydrogen (secondary N) is 1. The zero-order valence-electron chi connectivity index (χ0n) is 9.38. The summed E-state index contributed by atoms with van der Waals surface area (Å²) in [7, 11) is 0. The summed E-state index contributed by atoms with van der Waals surface area (Å²) in [6, 6.07) is 2.13. The third kappa shape index (κ3) is 4.17. The molecule has 2 heterocycles. The van der Waals surface area contributed by atoms with Crippen molar-refractivity contribution in [1.29, 1.82) is 0 Å². The fraction of sp³-hybridized carbons (Fsp3) is 0.667. The van der Waals surface area contributed by atoms with Gasteiger partial charge in [0.1, 0.15) is 0 Å². The van der Waals surface area contributed by atoms with E-state index in [1.165, 1.54) is 37.2 Å². The maximum Gasteiger partial charge on any atom is 0.0809 e. The third-order valence-electron chi connectivity index (χ3n) is 2.94. The molecular formula is C12H18BrNOS. The molecule has 0 aromatic carbocycles. The van der Waals surface area contributed by atoms with E-state index in [0.717, 1.165) is 23.6 Å². The van der Waals surface area contributed by atoms with Crippen LogP contribution < -0.4 is 5.32 Å². The van der Waals surface area contributed by atoms with Gasteiger partial charge in [0, 0.05) is 21.3 Å². The molecule has 16 heavy (non-hydrogen) atoms. The summed E-state index contributed by atoms with van der Waals surface area (Å²) in [5, 5.41) is 5.54. The van der Waals surface area contributed by atoms with E-state index in [2.05, 4.69) is 32.7 Å². The lowest BCUT2D eigenvalue weighted by Gasteiger charge is -2.22. The number of halogens is 1. The molecule has 4 heteroatoms. The molecule has 1 atom stereocenters. The zero-order valence-corrected chi connectivity index (χ0v) is 11.8. The third-order valence-corrected chi connectivity index (χ3v) is 4.61. The molecule has 1 N–H and O–H groups in total. The van der Waals surface area contributed by atoms with Gasteiger partial charge in [-0.2, -0.15) is 0 Å². The molecule has 1 aliphatic heterocycles. The highest BCUT2D eigenvalue weighted by Gasteiger charge is 2.12. The van der Waals surface area contributed by atoms with Gasteiger partial charge < -0.3 is 10.1 Å². The van der Waals surface area contributed by atoms with Crippen LogP contribution in [-0.4, -0.2) is 19.7 Å². The highest BCUT2D eigenvalue weighted by atomic mass is 79.9. The van der Waals surface area contributed by atoms with Gasteiger partial charge in [0.25, 0.3) is 0 Å². The molecule has 0 bridgehead atoms. The second kappa shape index (κ2) is 6.74. The Hall–Kier alpha value is 0.1000. The molecule has 1 fully saturated rings. The molecule has 0 radical (unpaired) electrons. The molecule has 1 aromatic heterocycles. The predicted octanol–water partition coefficient (Wildman–Crippen LogP) is 3.42. The van der Waals surface area contributed by atoms with E-state index in [1.807, 2.05) is 0 Å². The summed E-state index contributed by atoms with van der Waals surface area (Å²) < 4.78 is 6.86. The average Bonchev–Trinajstić information content (AvgIpc) is 2.72. The van der Waals surface area contributed by atoms with Crippen LogP contribution >= 0.6 is 27.3 Å². The number of ether oxygens (including phenoxy) is 1. The van der Waals surface area contributed by atoms with Crippen molar-refractivity contribution in [3.8, 4) is 0 Å². The summed E-state index contributed by atoms with van der Waals surface area (Å²) in [5.74, 6) is 0.823. The van der Waals surface area contributed by atoms with Gasteiger partial charge in [-0.1, -0.05) is 0 Å². The van der Waals surface area contributed by atoms with Crippen LogP contribution in [0.5, 0.6) is 0 Å². The van der Waals surface area contributed by atoms with Crippen LogP contribution in [0.4, 0.5) is 0 Å². The topological polar surface area (TPSA) is 21.3 Å². The Bertz CT molecular complexity index is 310. The number of rotatable bonds is 5. The van der Waals surface area contributed by atoms with Crippen LogP contribution in [0.15, 0.2) is 15.9 Å². The summed E-state index contributed by atoms with van der Waals surface area (Å²) in [4.78, 5) is 1.30. The second-order valence-electron chi connectivity index (χ2n) is 4.28. The first kappa shape index (κ1) is 12.6. The fourth-order valence-corrected chi connectivity index (χ4v) is 3.41. The number of hydrogen-bond donors (Lipinski definition) is 1. The minimum absolute atomic E-state index is 0.760. The van der Waals surface area contributed by atoms with Crippen molar-refractivity contribution in [3.05, 3.63) is 20.8 Å². The molecule has 2 nitrogen and oxygen atoms in total. The van der Waals surface area contributed by atoms with Crippen molar-refractivity contribution in [3.63, 3.8) is 0 Å². The van der Waals surface area contributed by atoms with E-state index in [-0.39, 0.29) is 0 Å². The predicted molar refractivity (Wildman–Crippen MR) is 71.9 cm³/mol. The first-order valence-electron chi connectivity index (χ1n) is 5.86. The maximum absolute atomic E-state index is 5.70. The van der Waals surface area contributed by atoms with Gasteiger partial charge in [0.15, 0.2) is 0 Å². The molecule has 1 aromatic rings. The van der Waals surface area contributed by atoms with Gasteiger partial charge in [-0.15, -0.1) is 11.3 Å². The SMILES string of the molecule is Brc1csc(COCCC2CCCNC2)c1. The lowest BCUT2D eigenvalue weighted by atomic mass is 9.97. The highest BCUT2D eigenvalue weighted by Crippen LogP contribution is 2.20. The van der Waals surface area contributed by atoms with E-state index < -0.39 is 0 Å². The molecule has 90 valence electrons. The van der Waals surface area contributed by atoms with Crippen LogP contribution in [0.25, 0.3) is 0 Å². The minimum atomic E-state index is 0.760. The van der Waals surface area contributed by atoms with E-state index in [9.17, 15) is 0 Å². The minimum Gasteiger partial charge on any atom is -0.376 e. The molecule has 0 amide bonds. The number of piperidine rings is 1. The average molecular weight is 304 g/mol. The Kier molecular flexibility index (Phi) is 5.29. The van der Waals surface area contributed by atoms with Crippen LogP contribution in [0.1, 0.15) is 24.1 Å². The van der Waals surface area contributed by atoms with E-state index in [0.29, 0.717) is 0 Å². The summed E-state index contributed by atoms with van der Waals surface area (Å²) in [5.41, 5.74) is 0. The maximum atomic E-state index is 5.70. The van der Waals surface area contributed by atoms with Crippen molar-refractivity contribution < 1.29 is 4.74 Å². The van der Waals surface area contributed by atoms with Crippen LogP contribution in [-0.2, 0) is 11.3 Å². The molecule has 0 saturated carbocycles. The molecule has 1 saturated heterocycles. The van der Waals surface area contributed by atoms with Crippen molar-refractivity contribution in [2.75, 3.05) is 19.7 Å². The largest absolute Gasteiger partial charge is 0.376 e. The Labute approximate surface area is 110 Å². The lowest BCUT2D eigenvalue weighted by molar-refractivity contribution is 0.105. The quantitative estimate of drug-likeness (QED) is 0.842. The molecule has 2 rings (SSSR count). The van der Waals surface area contributed by atoms with Crippen LogP contribution in [0.3, 0.4) is 0 Å². The second-order valence-corrected chi connectivity index (χ2v) is 6.20. The molecule has 1 aliphatic rings. The first-order valence-corrected chi connectivity index (χ1v) is 7.53. The Balaban J connectivity index is 1.57.